The number of esters is 1. The van der Waals surface area contributed by atoms with Gasteiger partial charge in [0, 0.05) is 46.7 Å². The molecule has 4 heterocycles. The van der Waals surface area contributed by atoms with E-state index in [1.54, 1.807) is 6.07 Å². The Labute approximate surface area is 246 Å². The number of phenolic OH excluding ortho intramolecular Hbond substituents is 1. The SMILES string of the molecule is CN1CC[C@]23c4c5c(OCC(C(=O)OC6C[C@H]7CC[C@@H](C6)N7C)c6ccccc6)cc(O)c4O[C@H]2[C@@H](O)C=C[C@H]3[C@H]1C5. The largest absolute Gasteiger partial charge is 0.504 e. The molecule has 8 rings (SSSR count). The van der Waals surface area contributed by atoms with Crippen molar-refractivity contribution in [3.05, 3.63) is 65.2 Å². The molecule has 1 spiro atoms. The molecule has 0 aromatic heterocycles. The number of aromatic hydroxyl groups is 1. The summed E-state index contributed by atoms with van der Waals surface area (Å²) in [4.78, 5) is 18.6. The molecule has 3 saturated heterocycles. The van der Waals surface area contributed by atoms with E-state index in [1.165, 1.54) is 12.8 Å². The van der Waals surface area contributed by atoms with E-state index in [4.69, 9.17) is 14.2 Å². The number of benzene rings is 2. The molecule has 222 valence electrons. The fourth-order valence-electron chi connectivity index (χ4n) is 9.28. The minimum atomic E-state index is -0.737. The molecule has 42 heavy (non-hydrogen) atoms. The fourth-order valence-corrected chi connectivity index (χ4v) is 9.28. The highest BCUT2D eigenvalue weighted by Gasteiger charge is 2.64. The Bertz CT molecular complexity index is 1410. The van der Waals surface area contributed by atoms with E-state index < -0.39 is 23.5 Å². The maximum atomic E-state index is 13.8. The predicted octanol–water partition coefficient (Wildman–Crippen LogP) is 3.53. The number of rotatable bonds is 6. The number of carbonyl (C=O) groups excluding carboxylic acids is 1. The number of ether oxygens (including phenoxy) is 3. The van der Waals surface area contributed by atoms with Crippen molar-refractivity contribution in [1.29, 1.82) is 0 Å². The molecule has 2 aromatic carbocycles. The maximum Gasteiger partial charge on any atom is 0.317 e. The quantitative estimate of drug-likeness (QED) is 0.402. The van der Waals surface area contributed by atoms with Crippen LogP contribution in [0.2, 0.25) is 0 Å². The molecule has 4 bridgehead atoms. The number of likely N-dealkylation sites (N-methyl/N-ethyl adjacent to an activating group) is 1. The highest BCUT2D eigenvalue weighted by molar-refractivity contribution is 5.78. The van der Waals surface area contributed by atoms with Gasteiger partial charge in [0.15, 0.2) is 11.5 Å². The summed E-state index contributed by atoms with van der Waals surface area (Å²) in [6.07, 6.45) is 8.44. The lowest BCUT2D eigenvalue weighted by atomic mass is 9.53. The van der Waals surface area contributed by atoms with Crippen molar-refractivity contribution >= 4 is 5.97 Å². The zero-order valence-electron chi connectivity index (χ0n) is 24.3. The summed E-state index contributed by atoms with van der Waals surface area (Å²) in [5, 5.41) is 22.2. The molecule has 9 atom stereocenters. The van der Waals surface area contributed by atoms with Gasteiger partial charge in [0.2, 0.25) is 0 Å². The second-order valence-corrected chi connectivity index (χ2v) is 13.4. The molecule has 2 aromatic rings. The molecular weight excluding hydrogens is 532 g/mol. The van der Waals surface area contributed by atoms with Crippen molar-refractivity contribution in [2.24, 2.45) is 5.92 Å². The van der Waals surface area contributed by atoms with Crippen molar-refractivity contribution in [2.75, 3.05) is 27.2 Å². The summed E-state index contributed by atoms with van der Waals surface area (Å²) in [7, 11) is 4.34. The highest BCUT2D eigenvalue weighted by atomic mass is 16.5. The van der Waals surface area contributed by atoms with Gasteiger partial charge in [-0.05, 0) is 64.7 Å². The third kappa shape index (κ3) is 3.81. The van der Waals surface area contributed by atoms with Gasteiger partial charge in [-0.25, -0.2) is 0 Å². The lowest BCUT2D eigenvalue weighted by Gasteiger charge is -2.56. The molecular formula is C34H40N2O6. The fraction of sp³-hybridized carbons (Fsp3) is 0.559. The number of piperidine rings is 2. The third-order valence-electron chi connectivity index (χ3n) is 11.5. The minimum Gasteiger partial charge on any atom is -0.504 e. The molecule has 2 N–H and O–H groups in total. The van der Waals surface area contributed by atoms with Gasteiger partial charge >= 0.3 is 5.97 Å². The first kappa shape index (κ1) is 26.5. The number of aliphatic hydroxyl groups excluding tert-OH is 1. The van der Waals surface area contributed by atoms with E-state index in [2.05, 4.69) is 30.0 Å². The van der Waals surface area contributed by atoms with Gasteiger partial charge in [0.25, 0.3) is 0 Å². The van der Waals surface area contributed by atoms with Gasteiger partial charge in [-0.2, -0.15) is 0 Å². The van der Waals surface area contributed by atoms with Crippen LogP contribution in [0.15, 0.2) is 48.6 Å². The molecule has 8 heteroatoms. The number of hydrogen-bond acceptors (Lipinski definition) is 8. The third-order valence-corrected chi connectivity index (χ3v) is 11.5. The molecule has 6 aliphatic rings. The number of phenols is 1. The van der Waals surface area contributed by atoms with Gasteiger partial charge in [-0.15, -0.1) is 0 Å². The number of likely N-dealkylation sites (tertiary alicyclic amines) is 1. The maximum absolute atomic E-state index is 13.8. The number of nitrogens with zero attached hydrogens (tertiary/aromatic N) is 2. The van der Waals surface area contributed by atoms with Gasteiger partial charge in [0.1, 0.15) is 36.6 Å². The van der Waals surface area contributed by atoms with Crippen molar-refractivity contribution in [1.82, 2.24) is 9.80 Å². The first-order chi connectivity index (χ1) is 20.3. The smallest absolute Gasteiger partial charge is 0.317 e. The van der Waals surface area contributed by atoms with E-state index in [1.807, 2.05) is 36.4 Å². The first-order valence-corrected chi connectivity index (χ1v) is 15.6. The zero-order chi connectivity index (χ0) is 28.7. The van der Waals surface area contributed by atoms with E-state index in [-0.39, 0.29) is 36.4 Å². The average molecular weight is 573 g/mol. The number of hydrogen-bond donors (Lipinski definition) is 2. The standard InChI is InChI=1S/C34H40N2O6/c1-35-13-12-34-25-10-11-27(37)32(34)42-31-28(38)17-29(23(30(31)34)16-26(25)35)40-18-24(19-6-4-3-5-7-19)33(39)41-22-14-20-8-9-21(15-22)36(20)2/h3-7,10-11,17,20-22,24-27,32,37-38H,8-9,12-16,18H2,1-2H3/t20-,21+,22?,24?,25-,26+,27-,32-,34-/m0/s1. The summed E-state index contributed by atoms with van der Waals surface area (Å²) in [5.41, 5.74) is 2.46. The molecule has 0 radical (unpaired) electrons. The second kappa shape index (κ2) is 9.73. The number of fused-ring (bicyclic) bond motifs is 2. The van der Waals surface area contributed by atoms with Crippen LogP contribution in [-0.2, 0) is 21.4 Å². The monoisotopic (exact) mass is 572 g/mol. The van der Waals surface area contributed by atoms with Crippen LogP contribution < -0.4 is 9.47 Å². The number of carbonyl (C=O) groups is 1. The van der Waals surface area contributed by atoms with Crippen molar-refractivity contribution < 1.29 is 29.2 Å². The van der Waals surface area contributed by atoms with Crippen LogP contribution in [0, 0.1) is 5.92 Å². The van der Waals surface area contributed by atoms with Gasteiger partial charge in [-0.3, -0.25) is 4.79 Å². The zero-order valence-corrected chi connectivity index (χ0v) is 24.3. The van der Waals surface area contributed by atoms with Crippen LogP contribution in [0.25, 0.3) is 0 Å². The summed E-state index contributed by atoms with van der Waals surface area (Å²) >= 11 is 0. The Morgan fingerprint density at radius 2 is 1.90 bits per heavy atom. The van der Waals surface area contributed by atoms with Gasteiger partial charge in [-0.1, -0.05) is 42.5 Å². The second-order valence-electron chi connectivity index (χ2n) is 13.4. The molecule has 4 aliphatic heterocycles. The van der Waals surface area contributed by atoms with Crippen LogP contribution in [0.3, 0.4) is 0 Å². The topological polar surface area (TPSA) is 91.7 Å². The van der Waals surface area contributed by atoms with Crippen LogP contribution in [-0.4, -0.2) is 89.7 Å². The predicted molar refractivity (Wildman–Crippen MR) is 156 cm³/mol. The highest BCUT2D eigenvalue weighted by Crippen LogP contribution is 2.64. The summed E-state index contributed by atoms with van der Waals surface area (Å²) in [6.45, 7) is 1.00. The van der Waals surface area contributed by atoms with Crippen LogP contribution >= 0.6 is 0 Å². The van der Waals surface area contributed by atoms with Crippen molar-refractivity contribution in [2.45, 2.75) is 86.3 Å². The minimum absolute atomic E-state index is 0.0245. The van der Waals surface area contributed by atoms with Crippen LogP contribution in [0.4, 0.5) is 0 Å². The molecule has 3 fully saturated rings. The summed E-state index contributed by atoms with van der Waals surface area (Å²) in [6, 6.07) is 12.6. The molecule has 0 amide bonds. The Morgan fingerprint density at radius 3 is 2.67 bits per heavy atom. The van der Waals surface area contributed by atoms with Crippen molar-refractivity contribution in [3.63, 3.8) is 0 Å². The number of aliphatic hydroxyl groups is 1. The van der Waals surface area contributed by atoms with Gasteiger partial charge in [0.05, 0.1) is 0 Å². The lowest BCUT2D eigenvalue weighted by Crippen LogP contribution is -2.64. The Hall–Kier alpha value is -3.07. The molecule has 2 aliphatic carbocycles. The lowest BCUT2D eigenvalue weighted by molar-refractivity contribution is -0.155. The van der Waals surface area contributed by atoms with Crippen LogP contribution in [0.5, 0.6) is 17.2 Å². The Kier molecular flexibility index (Phi) is 6.15. The Balaban J connectivity index is 1.11. The normalized spacial score (nSPS) is 36.7. The van der Waals surface area contributed by atoms with E-state index >= 15 is 0 Å². The summed E-state index contributed by atoms with van der Waals surface area (Å²) in [5.74, 6) is 0.429. The van der Waals surface area contributed by atoms with E-state index in [0.717, 1.165) is 48.9 Å². The van der Waals surface area contributed by atoms with E-state index in [0.29, 0.717) is 23.6 Å². The summed E-state index contributed by atoms with van der Waals surface area (Å²) < 4.78 is 19.1. The average Bonchev–Trinajstić information content (AvgIpc) is 3.42. The Morgan fingerprint density at radius 1 is 1.14 bits per heavy atom. The van der Waals surface area contributed by atoms with E-state index in [9.17, 15) is 15.0 Å². The molecule has 8 nitrogen and oxygen atoms in total. The molecule has 0 saturated carbocycles. The van der Waals surface area contributed by atoms with Crippen LogP contribution in [0.1, 0.15) is 54.7 Å². The molecule has 2 unspecified atom stereocenters. The van der Waals surface area contributed by atoms with Crippen molar-refractivity contribution in [3.8, 4) is 17.2 Å². The van der Waals surface area contributed by atoms with Gasteiger partial charge < -0.3 is 34.2 Å². The first-order valence-electron chi connectivity index (χ1n) is 15.6.